The molecule has 74 valence electrons. The average molecular weight is 190 g/mol. The van der Waals surface area contributed by atoms with Gasteiger partial charge in [-0.05, 0) is 44.0 Å². The number of aromatic nitrogens is 2. The maximum Gasteiger partial charge on any atom is 0.135 e. The fraction of sp³-hybridized carbons (Fsp3) is 0.364. The Morgan fingerprint density at radius 2 is 1.93 bits per heavy atom. The smallest absolute Gasteiger partial charge is 0.135 e. The first-order valence-corrected chi connectivity index (χ1v) is 4.73. The normalized spacial score (nSPS) is 13.4. The van der Waals surface area contributed by atoms with Gasteiger partial charge in [0, 0.05) is 0 Å². The number of aryl methyl sites for hydroxylation is 2. The predicted octanol–water partition coefficient (Wildman–Crippen LogP) is 2.23. The van der Waals surface area contributed by atoms with E-state index in [1.54, 1.807) is 6.92 Å². The summed E-state index contributed by atoms with van der Waals surface area (Å²) in [5.74, 6) is 0.630. The highest BCUT2D eigenvalue weighted by molar-refractivity contribution is 5.77. The molecule has 3 nitrogen and oxygen atoms in total. The second-order valence-corrected chi connectivity index (χ2v) is 3.75. The van der Waals surface area contributed by atoms with Crippen LogP contribution < -0.4 is 0 Å². The molecule has 14 heavy (non-hydrogen) atoms. The third kappa shape index (κ3) is 1.40. The van der Waals surface area contributed by atoms with E-state index in [-0.39, 0.29) is 0 Å². The Balaban J connectivity index is 2.66. The largest absolute Gasteiger partial charge is 0.385 e. The van der Waals surface area contributed by atoms with Crippen LogP contribution in [0.3, 0.4) is 0 Å². The van der Waals surface area contributed by atoms with E-state index >= 15 is 0 Å². The number of nitrogens with zero attached hydrogens (tertiary/aromatic N) is 1. The Morgan fingerprint density at radius 3 is 2.57 bits per heavy atom. The monoisotopic (exact) mass is 190 g/mol. The number of hydrogen-bond donors (Lipinski definition) is 2. The van der Waals surface area contributed by atoms with Gasteiger partial charge in [0.05, 0.1) is 11.0 Å². The van der Waals surface area contributed by atoms with Gasteiger partial charge in [-0.1, -0.05) is 0 Å². The lowest BCUT2D eigenvalue weighted by atomic mass is 10.1. The highest BCUT2D eigenvalue weighted by Gasteiger charge is 2.08. The zero-order chi connectivity index (χ0) is 10.3. The van der Waals surface area contributed by atoms with Crippen LogP contribution in [-0.4, -0.2) is 15.1 Å². The number of aliphatic hydroxyl groups excluding tert-OH is 1. The maximum absolute atomic E-state index is 9.37. The zero-order valence-corrected chi connectivity index (χ0v) is 8.63. The number of aliphatic hydroxyl groups is 1. The van der Waals surface area contributed by atoms with Gasteiger partial charge in [0.25, 0.3) is 0 Å². The van der Waals surface area contributed by atoms with Gasteiger partial charge < -0.3 is 10.1 Å². The lowest BCUT2D eigenvalue weighted by molar-refractivity contribution is 0.190. The quantitative estimate of drug-likeness (QED) is 0.724. The van der Waals surface area contributed by atoms with E-state index in [9.17, 15) is 5.11 Å². The number of fused-ring (bicyclic) bond motifs is 1. The molecule has 2 aromatic rings. The molecular formula is C11H14N2O. The number of rotatable bonds is 1. The molecule has 3 heteroatoms. The zero-order valence-electron chi connectivity index (χ0n) is 8.63. The number of imidazole rings is 1. The molecule has 1 aromatic heterocycles. The molecule has 0 saturated heterocycles. The maximum atomic E-state index is 9.37. The summed E-state index contributed by atoms with van der Waals surface area (Å²) >= 11 is 0. The van der Waals surface area contributed by atoms with Gasteiger partial charge in [0.2, 0.25) is 0 Å². The van der Waals surface area contributed by atoms with Crippen molar-refractivity contribution >= 4 is 11.0 Å². The van der Waals surface area contributed by atoms with Gasteiger partial charge in [0.1, 0.15) is 11.9 Å². The van der Waals surface area contributed by atoms with Crippen LogP contribution in [0.15, 0.2) is 12.1 Å². The van der Waals surface area contributed by atoms with Crippen molar-refractivity contribution in [1.82, 2.24) is 9.97 Å². The lowest BCUT2D eigenvalue weighted by Gasteiger charge is -1.97. The topological polar surface area (TPSA) is 48.9 Å². The summed E-state index contributed by atoms with van der Waals surface area (Å²) in [6, 6.07) is 4.09. The van der Waals surface area contributed by atoms with E-state index in [0.717, 1.165) is 11.0 Å². The van der Waals surface area contributed by atoms with E-state index in [1.165, 1.54) is 11.1 Å². The number of benzene rings is 1. The lowest BCUT2D eigenvalue weighted by Crippen LogP contribution is -1.92. The van der Waals surface area contributed by atoms with Crippen molar-refractivity contribution < 1.29 is 5.11 Å². The van der Waals surface area contributed by atoms with Crippen LogP contribution in [0.25, 0.3) is 11.0 Å². The van der Waals surface area contributed by atoms with Crippen LogP contribution in [0.2, 0.25) is 0 Å². The molecule has 1 heterocycles. The molecule has 0 unspecified atom stereocenters. The van der Waals surface area contributed by atoms with Gasteiger partial charge in [0.15, 0.2) is 0 Å². The standard InChI is InChI=1S/C11H14N2O/c1-6-4-9-10(5-7(6)2)13-11(12-9)8(3)14/h4-5,8,14H,1-3H3,(H,12,13)/t8-/m1/s1. The summed E-state index contributed by atoms with van der Waals surface area (Å²) in [7, 11) is 0. The summed E-state index contributed by atoms with van der Waals surface area (Å²) in [5.41, 5.74) is 4.37. The fourth-order valence-corrected chi connectivity index (χ4v) is 1.49. The molecule has 1 aromatic carbocycles. The second-order valence-electron chi connectivity index (χ2n) is 3.75. The van der Waals surface area contributed by atoms with E-state index in [1.807, 2.05) is 6.07 Å². The molecule has 2 N–H and O–H groups in total. The number of aromatic amines is 1. The summed E-state index contributed by atoms with van der Waals surface area (Å²) in [5, 5.41) is 9.37. The van der Waals surface area contributed by atoms with Crippen molar-refractivity contribution in [2.45, 2.75) is 26.9 Å². The number of nitrogens with one attached hydrogen (secondary N) is 1. The molecule has 0 saturated carbocycles. The van der Waals surface area contributed by atoms with Crippen molar-refractivity contribution in [3.63, 3.8) is 0 Å². The number of H-pyrrole nitrogens is 1. The molecule has 0 amide bonds. The van der Waals surface area contributed by atoms with Crippen LogP contribution in [0, 0.1) is 13.8 Å². The van der Waals surface area contributed by atoms with E-state index in [0.29, 0.717) is 5.82 Å². The Bertz CT molecular complexity index is 432. The fourth-order valence-electron chi connectivity index (χ4n) is 1.49. The molecule has 0 aliphatic carbocycles. The third-order valence-corrected chi connectivity index (χ3v) is 2.51. The summed E-state index contributed by atoms with van der Waals surface area (Å²) in [6.07, 6.45) is -0.539. The Kier molecular flexibility index (Phi) is 2.04. The minimum atomic E-state index is -0.539. The van der Waals surface area contributed by atoms with Crippen LogP contribution in [0.4, 0.5) is 0 Å². The van der Waals surface area contributed by atoms with Gasteiger partial charge in [-0.25, -0.2) is 4.98 Å². The Morgan fingerprint density at radius 1 is 1.29 bits per heavy atom. The minimum Gasteiger partial charge on any atom is -0.385 e. The molecule has 0 fully saturated rings. The van der Waals surface area contributed by atoms with Crippen molar-refractivity contribution in [3.05, 3.63) is 29.1 Å². The van der Waals surface area contributed by atoms with E-state index < -0.39 is 6.10 Å². The minimum absolute atomic E-state index is 0.539. The highest BCUT2D eigenvalue weighted by atomic mass is 16.3. The van der Waals surface area contributed by atoms with Crippen molar-refractivity contribution in [2.75, 3.05) is 0 Å². The molecule has 0 spiro atoms. The van der Waals surface area contributed by atoms with E-state index in [2.05, 4.69) is 29.9 Å². The highest BCUT2D eigenvalue weighted by Crippen LogP contribution is 2.19. The van der Waals surface area contributed by atoms with E-state index in [4.69, 9.17) is 0 Å². The number of hydrogen-bond acceptors (Lipinski definition) is 2. The van der Waals surface area contributed by atoms with Crippen molar-refractivity contribution in [2.24, 2.45) is 0 Å². The summed E-state index contributed by atoms with van der Waals surface area (Å²) in [4.78, 5) is 7.41. The molecule has 1 atom stereocenters. The summed E-state index contributed by atoms with van der Waals surface area (Å²) in [6.45, 7) is 5.83. The van der Waals surface area contributed by atoms with Gasteiger partial charge in [-0.3, -0.25) is 0 Å². The first-order valence-electron chi connectivity index (χ1n) is 4.73. The SMILES string of the molecule is Cc1cc2nc([C@@H](C)O)[nH]c2cc1C. The van der Waals surface area contributed by atoms with Crippen LogP contribution in [0.1, 0.15) is 30.0 Å². The predicted molar refractivity (Wildman–Crippen MR) is 56.2 cm³/mol. The van der Waals surface area contributed by atoms with Gasteiger partial charge in [-0.15, -0.1) is 0 Å². The Hall–Kier alpha value is -1.35. The Labute approximate surface area is 82.8 Å². The molecule has 2 rings (SSSR count). The molecule has 0 radical (unpaired) electrons. The van der Waals surface area contributed by atoms with Crippen molar-refractivity contribution in [3.8, 4) is 0 Å². The van der Waals surface area contributed by atoms with Gasteiger partial charge in [-0.2, -0.15) is 0 Å². The van der Waals surface area contributed by atoms with Gasteiger partial charge >= 0.3 is 0 Å². The van der Waals surface area contributed by atoms with Crippen molar-refractivity contribution in [1.29, 1.82) is 0 Å². The van der Waals surface area contributed by atoms with Crippen LogP contribution in [-0.2, 0) is 0 Å². The van der Waals surface area contributed by atoms with Crippen LogP contribution >= 0.6 is 0 Å². The van der Waals surface area contributed by atoms with Crippen LogP contribution in [0.5, 0.6) is 0 Å². The molecular weight excluding hydrogens is 176 g/mol. The third-order valence-electron chi connectivity index (χ3n) is 2.51. The second kappa shape index (κ2) is 3.10. The molecule has 0 aliphatic rings. The first kappa shape index (κ1) is 9.21. The average Bonchev–Trinajstić information content (AvgIpc) is 2.48. The molecule has 0 bridgehead atoms. The molecule has 0 aliphatic heterocycles. The summed E-state index contributed by atoms with van der Waals surface area (Å²) < 4.78 is 0. The first-order chi connectivity index (χ1) is 6.58.